The number of rotatable bonds is 7. The molecule has 154 valence electrons. The lowest BCUT2D eigenvalue weighted by Crippen LogP contribution is -2.25. The molecule has 10 heteroatoms. The molecule has 1 amide bonds. The highest BCUT2D eigenvalue weighted by Crippen LogP contribution is 2.26. The number of carbonyl (C=O) groups is 1. The molecule has 3 heterocycles. The quantitative estimate of drug-likeness (QED) is 0.438. The molecule has 1 aliphatic heterocycles. The molecule has 7 nitrogen and oxygen atoms in total. The molecule has 1 atom stereocenters. The molecule has 3 aromatic rings. The number of oxime groups is 1. The standard InChI is InChI=1S/C20H17FN4O3S2/c21-16-11-23-20(30-16)24-19(26)18(25-28-14-8-10-27-12-14)13-4-6-15(7-5-13)29-17-3-1-2-9-22-17/h1-7,9,11,14H,8,10,12H2,(H,23,24,26)/b25-18+/t14-/m1/s1. The molecule has 0 unspecified atom stereocenters. The Labute approximate surface area is 180 Å². The van der Waals surface area contributed by atoms with E-state index in [2.05, 4.69) is 20.4 Å². The van der Waals surface area contributed by atoms with E-state index in [0.717, 1.165) is 27.5 Å². The van der Waals surface area contributed by atoms with Crippen LogP contribution in [-0.4, -0.2) is 40.9 Å². The molecule has 0 bridgehead atoms. The Morgan fingerprint density at radius 1 is 1.27 bits per heavy atom. The van der Waals surface area contributed by atoms with Gasteiger partial charge in [0, 0.05) is 23.1 Å². The van der Waals surface area contributed by atoms with E-state index in [0.29, 0.717) is 25.2 Å². The van der Waals surface area contributed by atoms with Crippen molar-refractivity contribution in [3.63, 3.8) is 0 Å². The van der Waals surface area contributed by atoms with Crippen LogP contribution >= 0.6 is 23.1 Å². The summed E-state index contributed by atoms with van der Waals surface area (Å²) < 4.78 is 18.5. The highest BCUT2D eigenvalue weighted by molar-refractivity contribution is 7.99. The fourth-order valence-electron chi connectivity index (χ4n) is 2.63. The Hall–Kier alpha value is -2.82. The zero-order valence-corrected chi connectivity index (χ0v) is 17.3. The van der Waals surface area contributed by atoms with Crippen LogP contribution in [0.2, 0.25) is 0 Å². The minimum absolute atomic E-state index is 0.0758. The summed E-state index contributed by atoms with van der Waals surface area (Å²) in [6, 6.07) is 13.0. The molecule has 1 saturated heterocycles. The van der Waals surface area contributed by atoms with Crippen molar-refractivity contribution in [1.82, 2.24) is 9.97 Å². The number of anilines is 1. The lowest BCUT2D eigenvalue weighted by molar-refractivity contribution is -0.110. The number of hydrogen-bond acceptors (Lipinski definition) is 8. The maximum atomic E-state index is 13.2. The summed E-state index contributed by atoms with van der Waals surface area (Å²) in [6.45, 7) is 1.02. The zero-order chi connectivity index (χ0) is 20.8. The van der Waals surface area contributed by atoms with Gasteiger partial charge in [0.25, 0.3) is 5.91 Å². The second-order valence-corrected chi connectivity index (χ2v) is 8.32. The normalized spacial score (nSPS) is 16.4. The van der Waals surface area contributed by atoms with E-state index in [4.69, 9.17) is 9.57 Å². The van der Waals surface area contributed by atoms with E-state index < -0.39 is 11.0 Å². The minimum atomic E-state index is -0.534. The van der Waals surface area contributed by atoms with Gasteiger partial charge in [-0.1, -0.05) is 46.5 Å². The number of pyridine rings is 1. The van der Waals surface area contributed by atoms with E-state index in [9.17, 15) is 9.18 Å². The lowest BCUT2D eigenvalue weighted by atomic mass is 10.1. The first kappa shape index (κ1) is 20.5. The van der Waals surface area contributed by atoms with Crippen LogP contribution in [0.25, 0.3) is 0 Å². The Balaban J connectivity index is 1.53. The molecule has 1 aromatic carbocycles. The van der Waals surface area contributed by atoms with E-state index in [-0.39, 0.29) is 16.9 Å². The Bertz CT molecular complexity index is 1020. The predicted molar refractivity (Wildman–Crippen MR) is 112 cm³/mol. The van der Waals surface area contributed by atoms with Crippen molar-refractivity contribution in [1.29, 1.82) is 0 Å². The second kappa shape index (κ2) is 9.79. The van der Waals surface area contributed by atoms with Crippen molar-refractivity contribution < 1.29 is 18.8 Å². The summed E-state index contributed by atoms with van der Waals surface area (Å²) in [5.41, 5.74) is 0.640. The summed E-state index contributed by atoms with van der Waals surface area (Å²) in [7, 11) is 0. The van der Waals surface area contributed by atoms with Crippen molar-refractivity contribution in [3.05, 3.63) is 65.6 Å². The lowest BCUT2D eigenvalue weighted by Gasteiger charge is -2.10. The van der Waals surface area contributed by atoms with Crippen molar-refractivity contribution in [2.45, 2.75) is 22.4 Å². The fourth-order valence-corrected chi connectivity index (χ4v) is 3.94. The molecule has 30 heavy (non-hydrogen) atoms. The van der Waals surface area contributed by atoms with Crippen molar-refractivity contribution >= 4 is 39.8 Å². The molecule has 0 spiro atoms. The van der Waals surface area contributed by atoms with Crippen molar-refractivity contribution in [2.75, 3.05) is 18.5 Å². The number of thiazole rings is 1. The van der Waals surface area contributed by atoms with Crippen molar-refractivity contribution in [3.8, 4) is 0 Å². The van der Waals surface area contributed by atoms with Gasteiger partial charge in [-0.25, -0.2) is 9.97 Å². The second-order valence-electron chi connectivity index (χ2n) is 6.25. The Morgan fingerprint density at radius 3 is 2.80 bits per heavy atom. The van der Waals surface area contributed by atoms with Gasteiger partial charge in [0.1, 0.15) is 5.03 Å². The molecule has 1 aliphatic rings. The molecular formula is C20H17FN4O3S2. The fraction of sp³-hybridized carbons (Fsp3) is 0.200. The smallest absolute Gasteiger partial charge is 0.280 e. The Morgan fingerprint density at radius 2 is 2.13 bits per heavy atom. The first-order valence-electron chi connectivity index (χ1n) is 9.11. The molecule has 0 radical (unpaired) electrons. The predicted octanol–water partition coefficient (Wildman–Crippen LogP) is 3.98. The number of benzene rings is 1. The highest BCUT2D eigenvalue weighted by atomic mass is 32.2. The molecule has 0 aliphatic carbocycles. The average molecular weight is 445 g/mol. The molecule has 4 rings (SSSR count). The number of aromatic nitrogens is 2. The summed E-state index contributed by atoms with van der Waals surface area (Å²) in [6.07, 6.45) is 3.28. The third kappa shape index (κ3) is 5.41. The van der Waals surface area contributed by atoms with Crippen molar-refractivity contribution in [2.24, 2.45) is 5.16 Å². The van der Waals surface area contributed by atoms with Crippen LogP contribution in [0.15, 0.2) is 69.9 Å². The van der Waals surface area contributed by atoms with Gasteiger partial charge in [0.15, 0.2) is 22.1 Å². The minimum Gasteiger partial charge on any atom is -0.389 e. The molecule has 0 saturated carbocycles. The molecule has 2 aromatic heterocycles. The van der Waals surface area contributed by atoms with E-state index >= 15 is 0 Å². The first-order chi connectivity index (χ1) is 14.7. The van der Waals surface area contributed by atoms with Crippen LogP contribution in [0, 0.1) is 5.13 Å². The molecule has 1 N–H and O–H groups in total. The van der Waals surface area contributed by atoms with Gasteiger partial charge in [-0.15, -0.1) is 0 Å². The van der Waals surface area contributed by atoms with Gasteiger partial charge in [-0.05, 0) is 24.3 Å². The maximum absolute atomic E-state index is 13.2. The van der Waals surface area contributed by atoms with Gasteiger partial charge in [0.05, 0.1) is 19.4 Å². The maximum Gasteiger partial charge on any atom is 0.280 e. The summed E-state index contributed by atoms with van der Waals surface area (Å²) in [4.78, 5) is 27.4. The van der Waals surface area contributed by atoms with Crippen LogP contribution < -0.4 is 5.32 Å². The Kier molecular flexibility index (Phi) is 6.67. The largest absolute Gasteiger partial charge is 0.389 e. The number of nitrogens with one attached hydrogen (secondary N) is 1. The van der Waals surface area contributed by atoms with Gasteiger partial charge in [-0.3, -0.25) is 10.1 Å². The number of ether oxygens (including phenoxy) is 1. The number of halogens is 1. The number of hydrogen-bond donors (Lipinski definition) is 1. The van der Waals surface area contributed by atoms with Crippen LogP contribution in [-0.2, 0) is 14.4 Å². The van der Waals surface area contributed by atoms with E-state index in [1.54, 1.807) is 18.3 Å². The summed E-state index contributed by atoms with van der Waals surface area (Å²) in [5, 5.41) is 7.17. The first-order valence-corrected chi connectivity index (χ1v) is 10.7. The molecular weight excluding hydrogens is 427 g/mol. The van der Waals surface area contributed by atoms with Gasteiger partial charge in [0.2, 0.25) is 0 Å². The SMILES string of the molecule is O=C(Nc1ncc(F)s1)/C(=N/O[C@@H]1CCOC1)c1ccc(Sc2ccccn2)cc1. The van der Waals surface area contributed by atoms with Crippen LogP contribution in [0.5, 0.6) is 0 Å². The summed E-state index contributed by atoms with van der Waals surface area (Å²) in [5.74, 6) is -0.534. The number of amides is 1. The van der Waals surface area contributed by atoms with Crippen LogP contribution in [0.3, 0.4) is 0 Å². The monoisotopic (exact) mass is 444 g/mol. The van der Waals surface area contributed by atoms with E-state index in [1.165, 1.54) is 11.8 Å². The summed E-state index contributed by atoms with van der Waals surface area (Å²) >= 11 is 2.25. The van der Waals surface area contributed by atoms with Gasteiger partial charge in [-0.2, -0.15) is 4.39 Å². The van der Waals surface area contributed by atoms with Gasteiger partial charge >= 0.3 is 0 Å². The number of carbonyl (C=O) groups excluding carboxylic acids is 1. The molecule has 1 fully saturated rings. The third-order valence-corrected chi connectivity index (χ3v) is 5.74. The average Bonchev–Trinajstić information content (AvgIpc) is 3.42. The third-order valence-electron chi connectivity index (χ3n) is 4.08. The number of nitrogens with zero attached hydrogens (tertiary/aromatic N) is 3. The highest BCUT2D eigenvalue weighted by Gasteiger charge is 2.21. The van der Waals surface area contributed by atoms with Gasteiger partial charge < -0.3 is 9.57 Å². The van der Waals surface area contributed by atoms with Crippen LogP contribution in [0.1, 0.15) is 12.0 Å². The topological polar surface area (TPSA) is 85.7 Å². The van der Waals surface area contributed by atoms with Crippen LogP contribution in [0.4, 0.5) is 9.52 Å². The van der Waals surface area contributed by atoms with E-state index in [1.807, 2.05) is 30.3 Å². The zero-order valence-electron chi connectivity index (χ0n) is 15.7.